The summed E-state index contributed by atoms with van der Waals surface area (Å²) in [5.41, 5.74) is 7.16. The Labute approximate surface area is 115 Å². The number of nitrogens with one attached hydrogen (secondary N) is 1. The third-order valence-electron chi connectivity index (χ3n) is 3.02. The molecular formula is C13H12ClN5. The van der Waals surface area contributed by atoms with E-state index < -0.39 is 0 Å². The van der Waals surface area contributed by atoms with Gasteiger partial charge in [0.1, 0.15) is 17.5 Å². The maximum absolute atomic E-state index is 9.19. The van der Waals surface area contributed by atoms with Gasteiger partial charge in [0.05, 0.1) is 5.69 Å². The molecule has 1 aliphatic carbocycles. The highest BCUT2D eigenvalue weighted by Crippen LogP contribution is 2.29. The van der Waals surface area contributed by atoms with Crippen molar-refractivity contribution < 1.29 is 0 Å². The Bertz CT molecular complexity index is 649. The van der Waals surface area contributed by atoms with Gasteiger partial charge in [0.25, 0.3) is 0 Å². The van der Waals surface area contributed by atoms with E-state index in [1.807, 2.05) is 12.1 Å². The Kier molecular flexibility index (Phi) is 2.80. The molecular weight excluding hydrogens is 262 g/mol. The average Bonchev–Trinajstić information content (AvgIpc) is 3.15. The zero-order valence-corrected chi connectivity index (χ0v) is 10.9. The number of nitrogens with two attached hydrogens (primary N) is 1. The first kappa shape index (κ1) is 11.9. The van der Waals surface area contributed by atoms with Crippen LogP contribution in [0.5, 0.6) is 0 Å². The van der Waals surface area contributed by atoms with Gasteiger partial charge in [-0.05, 0) is 37.1 Å². The second-order valence-electron chi connectivity index (χ2n) is 4.53. The summed E-state index contributed by atoms with van der Waals surface area (Å²) in [6, 6.07) is 9.67. The van der Waals surface area contributed by atoms with Crippen LogP contribution in [0.2, 0.25) is 5.02 Å². The fourth-order valence-electron chi connectivity index (χ4n) is 1.84. The minimum Gasteiger partial charge on any atom is -0.382 e. The van der Waals surface area contributed by atoms with Gasteiger partial charge in [0, 0.05) is 11.1 Å². The summed E-state index contributed by atoms with van der Waals surface area (Å²) in [6.07, 6.45) is 2.22. The van der Waals surface area contributed by atoms with Crippen molar-refractivity contribution in [1.82, 2.24) is 9.78 Å². The first-order valence-electron chi connectivity index (χ1n) is 6.00. The quantitative estimate of drug-likeness (QED) is 0.901. The number of halogens is 1. The molecule has 0 radical (unpaired) electrons. The Morgan fingerprint density at radius 2 is 2.05 bits per heavy atom. The Morgan fingerprint density at radius 1 is 1.37 bits per heavy atom. The molecule has 96 valence electrons. The van der Waals surface area contributed by atoms with E-state index in [2.05, 4.69) is 16.5 Å². The van der Waals surface area contributed by atoms with Crippen molar-refractivity contribution >= 4 is 23.2 Å². The number of nitrogen functional groups attached to an aromatic ring is 1. The lowest BCUT2D eigenvalue weighted by molar-refractivity contribution is 0.887. The standard InChI is InChI=1S/C13H12ClN5/c14-8-1-5-10(6-2-8)19-12(16)11(7-15)13(18-19)17-9-3-4-9/h1-2,5-6,9H,3-4,16H2,(H,17,18). The Hall–Kier alpha value is -2.19. The molecule has 0 saturated heterocycles. The molecule has 0 spiro atoms. The van der Waals surface area contributed by atoms with E-state index in [0.29, 0.717) is 28.3 Å². The van der Waals surface area contributed by atoms with Gasteiger partial charge in [-0.1, -0.05) is 11.6 Å². The predicted octanol–water partition coefficient (Wildman–Crippen LogP) is 2.55. The summed E-state index contributed by atoms with van der Waals surface area (Å²) in [4.78, 5) is 0. The molecule has 19 heavy (non-hydrogen) atoms. The molecule has 3 N–H and O–H groups in total. The Balaban J connectivity index is 2.03. The molecule has 3 rings (SSSR count). The van der Waals surface area contributed by atoms with Gasteiger partial charge in [0.2, 0.25) is 0 Å². The zero-order chi connectivity index (χ0) is 13.4. The van der Waals surface area contributed by atoms with Crippen LogP contribution in [0.3, 0.4) is 0 Å². The van der Waals surface area contributed by atoms with Crippen LogP contribution in [-0.2, 0) is 0 Å². The SMILES string of the molecule is N#Cc1c(NC2CC2)nn(-c2ccc(Cl)cc2)c1N. The number of nitriles is 1. The van der Waals surface area contributed by atoms with E-state index >= 15 is 0 Å². The van der Waals surface area contributed by atoms with Gasteiger partial charge in [-0.15, -0.1) is 5.10 Å². The van der Waals surface area contributed by atoms with Gasteiger partial charge in [-0.25, -0.2) is 4.68 Å². The van der Waals surface area contributed by atoms with Crippen LogP contribution in [-0.4, -0.2) is 15.8 Å². The lowest BCUT2D eigenvalue weighted by Gasteiger charge is -2.03. The summed E-state index contributed by atoms with van der Waals surface area (Å²) < 4.78 is 1.56. The summed E-state index contributed by atoms with van der Waals surface area (Å²) >= 11 is 5.85. The molecule has 0 aliphatic heterocycles. The molecule has 1 aromatic heterocycles. The lowest BCUT2D eigenvalue weighted by Crippen LogP contribution is -2.04. The predicted molar refractivity (Wildman–Crippen MR) is 74.3 cm³/mol. The molecule has 0 bridgehead atoms. The summed E-state index contributed by atoms with van der Waals surface area (Å²) in [6.45, 7) is 0. The molecule has 2 aromatic rings. The largest absolute Gasteiger partial charge is 0.382 e. The van der Waals surface area contributed by atoms with Gasteiger partial charge in [-0.3, -0.25) is 0 Å². The van der Waals surface area contributed by atoms with Crippen LogP contribution in [0.1, 0.15) is 18.4 Å². The van der Waals surface area contributed by atoms with Crippen molar-refractivity contribution in [2.75, 3.05) is 11.1 Å². The van der Waals surface area contributed by atoms with Crippen LogP contribution in [0.25, 0.3) is 5.69 Å². The van der Waals surface area contributed by atoms with E-state index in [-0.39, 0.29) is 0 Å². The average molecular weight is 274 g/mol. The highest BCUT2D eigenvalue weighted by atomic mass is 35.5. The van der Waals surface area contributed by atoms with Crippen LogP contribution in [0.4, 0.5) is 11.6 Å². The van der Waals surface area contributed by atoms with Crippen LogP contribution in [0, 0.1) is 11.3 Å². The van der Waals surface area contributed by atoms with Crippen LogP contribution in [0.15, 0.2) is 24.3 Å². The molecule has 1 saturated carbocycles. The number of aromatic nitrogens is 2. The van der Waals surface area contributed by atoms with Gasteiger partial charge < -0.3 is 11.1 Å². The maximum Gasteiger partial charge on any atom is 0.168 e. The van der Waals surface area contributed by atoms with E-state index in [9.17, 15) is 5.26 Å². The van der Waals surface area contributed by atoms with Crippen molar-refractivity contribution in [3.8, 4) is 11.8 Å². The summed E-state index contributed by atoms with van der Waals surface area (Å²) in [5, 5.41) is 17.4. The number of hydrogen-bond donors (Lipinski definition) is 2. The minimum absolute atomic E-state index is 0.341. The topological polar surface area (TPSA) is 79.7 Å². The molecule has 0 amide bonds. The monoisotopic (exact) mass is 273 g/mol. The van der Waals surface area contributed by atoms with Gasteiger partial charge in [-0.2, -0.15) is 5.26 Å². The highest BCUT2D eigenvalue weighted by Gasteiger charge is 2.25. The second-order valence-corrected chi connectivity index (χ2v) is 4.96. The molecule has 1 aliphatic rings. The molecule has 0 atom stereocenters. The molecule has 5 nitrogen and oxygen atoms in total. The van der Waals surface area contributed by atoms with E-state index in [0.717, 1.165) is 18.5 Å². The normalized spacial score (nSPS) is 14.1. The lowest BCUT2D eigenvalue weighted by atomic mass is 10.3. The van der Waals surface area contributed by atoms with Gasteiger partial charge in [0.15, 0.2) is 5.82 Å². The molecule has 1 heterocycles. The van der Waals surface area contributed by atoms with Crippen molar-refractivity contribution in [3.05, 3.63) is 34.9 Å². The maximum atomic E-state index is 9.19. The molecule has 0 unspecified atom stereocenters. The number of hydrogen-bond acceptors (Lipinski definition) is 4. The van der Waals surface area contributed by atoms with E-state index in [4.69, 9.17) is 17.3 Å². The van der Waals surface area contributed by atoms with Crippen LogP contribution >= 0.6 is 11.6 Å². The van der Waals surface area contributed by atoms with Crippen molar-refractivity contribution in [1.29, 1.82) is 5.26 Å². The van der Waals surface area contributed by atoms with Gasteiger partial charge >= 0.3 is 0 Å². The number of nitrogens with zero attached hydrogens (tertiary/aromatic N) is 3. The first-order chi connectivity index (χ1) is 9.19. The third-order valence-corrected chi connectivity index (χ3v) is 3.27. The third kappa shape index (κ3) is 2.23. The molecule has 1 fully saturated rings. The highest BCUT2D eigenvalue weighted by molar-refractivity contribution is 6.30. The zero-order valence-electron chi connectivity index (χ0n) is 10.1. The second kappa shape index (κ2) is 4.48. The molecule has 1 aromatic carbocycles. The van der Waals surface area contributed by atoms with Crippen LogP contribution < -0.4 is 11.1 Å². The fraction of sp³-hybridized carbons (Fsp3) is 0.231. The fourth-order valence-corrected chi connectivity index (χ4v) is 1.97. The number of benzene rings is 1. The smallest absolute Gasteiger partial charge is 0.168 e. The minimum atomic E-state index is 0.341. The number of rotatable bonds is 3. The summed E-state index contributed by atoms with van der Waals surface area (Å²) in [7, 11) is 0. The number of anilines is 2. The van der Waals surface area contributed by atoms with E-state index in [1.165, 1.54) is 0 Å². The van der Waals surface area contributed by atoms with Crippen molar-refractivity contribution in [3.63, 3.8) is 0 Å². The summed E-state index contributed by atoms with van der Waals surface area (Å²) in [5.74, 6) is 0.894. The molecule has 6 heteroatoms. The first-order valence-corrected chi connectivity index (χ1v) is 6.38. The Morgan fingerprint density at radius 3 is 2.63 bits per heavy atom. The van der Waals surface area contributed by atoms with Crippen molar-refractivity contribution in [2.45, 2.75) is 18.9 Å². The van der Waals surface area contributed by atoms with Crippen molar-refractivity contribution in [2.24, 2.45) is 0 Å². The van der Waals surface area contributed by atoms with E-state index in [1.54, 1.807) is 16.8 Å².